The highest BCUT2D eigenvalue weighted by atomic mass is 16.2. The maximum Gasteiger partial charge on any atom is 0.220 e. The van der Waals surface area contributed by atoms with Gasteiger partial charge in [0, 0.05) is 26.4 Å². The third kappa shape index (κ3) is 6.05. The van der Waals surface area contributed by atoms with Crippen LogP contribution in [0, 0.1) is 0 Å². The summed E-state index contributed by atoms with van der Waals surface area (Å²) in [7, 11) is 0. The molecule has 1 rings (SSSR count). The summed E-state index contributed by atoms with van der Waals surface area (Å²) in [5.41, 5.74) is 5.65. The Morgan fingerprint density at radius 2 is 1.84 bits per heavy atom. The standard InChI is InChI=1S/C14H27N3O2/c1-12(18)16-10-6-2-3-7-13(19)17-14(11-15)8-4-5-9-14/h2-11,15H2,1H3,(H,16,18)(H,17,19). The van der Waals surface area contributed by atoms with Crippen LogP contribution < -0.4 is 16.4 Å². The van der Waals surface area contributed by atoms with Crippen molar-refractivity contribution >= 4 is 11.8 Å². The average Bonchev–Trinajstić information content (AvgIpc) is 2.82. The van der Waals surface area contributed by atoms with Gasteiger partial charge in [0.05, 0.1) is 5.54 Å². The summed E-state index contributed by atoms with van der Waals surface area (Å²) in [5, 5.41) is 5.87. The Hall–Kier alpha value is -1.10. The molecule has 0 aromatic rings. The molecule has 0 spiro atoms. The lowest BCUT2D eigenvalue weighted by Gasteiger charge is -2.28. The fourth-order valence-electron chi connectivity index (χ4n) is 2.64. The molecule has 0 heterocycles. The summed E-state index contributed by atoms with van der Waals surface area (Å²) in [5.74, 6) is 0.121. The van der Waals surface area contributed by atoms with Crippen LogP contribution >= 0.6 is 0 Å². The van der Waals surface area contributed by atoms with Crippen LogP contribution in [-0.2, 0) is 9.59 Å². The van der Waals surface area contributed by atoms with E-state index >= 15 is 0 Å². The first-order chi connectivity index (χ1) is 9.08. The molecule has 5 heteroatoms. The summed E-state index contributed by atoms with van der Waals surface area (Å²) in [6.07, 6.45) is 7.66. The number of nitrogens with one attached hydrogen (secondary N) is 2. The third-order valence-electron chi connectivity index (χ3n) is 3.81. The van der Waals surface area contributed by atoms with E-state index in [1.165, 1.54) is 6.92 Å². The molecule has 0 aromatic carbocycles. The summed E-state index contributed by atoms with van der Waals surface area (Å²) in [6.45, 7) is 2.76. The maximum absolute atomic E-state index is 11.9. The van der Waals surface area contributed by atoms with Gasteiger partial charge >= 0.3 is 0 Å². The third-order valence-corrected chi connectivity index (χ3v) is 3.81. The average molecular weight is 269 g/mol. The van der Waals surface area contributed by atoms with Gasteiger partial charge in [-0.15, -0.1) is 0 Å². The van der Waals surface area contributed by atoms with Crippen molar-refractivity contribution < 1.29 is 9.59 Å². The zero-order chi connectivity index (χ0) is 14.1. The molecule has 0 bridgehead atoms. The van der Waals surface area contributed by atoms with Crippen LogP contribution in [0.4, 0.5) is 0 Å². The van der Waals surface area contributed by atoms with Crippen molar-refractivity contribution in [3.05, 3.63) is 0 Å². The van der Waals surface area contributed by atoms with Gasteiger partial charge < -0.3 is 16.4 Å². The molecule has 2 amide bonds. The summed E-state index contributed by atoms with van der Waals surface area (Å²) >= 11 is 0. The molecule has 1 aliphatic carbocycles. The first kappa shape index (κ1) is 16.0. The van der Waals surface area contributed by atoms with E-state index in [1.807, 2.05) is 0 Å². The number of carbonyl (C=O) groups excluding carboxylic acids is 2. The van der Waals surface area contributed by atoms with E-state index in [0.717, 1.165) is 44.9 Å². The van der Waals surface area contributed by atoms with E-state index in [2.05, 4.69) is 10.6 Å². The largest absolute Gasteiger partial charge is 0.356 e. The lowest BCUT2D eigenvalue weighted by molar-refractivity contribution is -0.123. The van der Waals surface area contributed by atoms with E-state index in [1.54, 1.807) is 0 Å². The van der Waals surface area contributed by atoms with Gasteiger partial charge in [-0.3, -0.25) is 9.59 Å². The first-order valence-electron chi connectivity index (χ1n) is 7.33. The van der Waals surface area contributed by atoms with Crippen LogP contribution in [-0.4, -0.2) is 30.4 Å². The van der Waals surface area contributed by atoms with Gasteiger partial charge in [0.1, 0.15) is 0 Å². The number of carbonyl (C=O) groups is 2. The zero-order valence-electron chi connectivity index (χ0n) is 12.0. The smallest absolute Gasteiger partial charge is 0.220 e. The Bertz CT molecular complexity index is 299. The molecular weight excluding hydrogens is 242 g/mol. The minimum atomic E-state index is -0.132. The van der Waals surface area contributed by atoms with Crippen molar-refractivity contribution in [3.8, 4) is 0 Å². The Labute approximate surface area is 115 Å². The van der Waals surface area contributed by atoms with Crippen molar-refractivity contribution in [3.63, 3.8) is 0 Å². The van der Waals surface area contributed by atoms with Crippen LogP contribution in [0.15, 0.2) is 0 Å². The van der Waals surface area contributed by atoms with Crippen LogP contribution in [0.1, 0.15) is 58.3 Å². The molecule has 0 atom stereocenters. The minimum Gasteiger partial charge on any atom is -0.356 e. The molecular formula is C14H27N3O2. The van der Waals surface area contributed by atoms with Crippen LogP contribution in [0.5, 0.6) is 0 Å². The molecule has 1 fully saturated rings. The summed E-state index contributed by atoms with van der Waals surface area (Å²) in [4.78, 5) is 22.5. The predicted molar refractivity (Wildman–Crippen MR) is 75.5 cm³/mol. The van der Waals surface area contributed by atoms with Crippen molar-refractivity contribution in [1.82, 2.24) is 10.6 Å². The van der Waals surface area contributed by atoms with Gasteiger partial charge in [-0.1, -0.05) is 19.3 Å². The van der Waals surface area contributed by atoms with Crippen LogP contribution in [0.25, 0.3) is 0 Å². The molecule has 5 nitrogen and oxygen atoms in total. The van der Waals surface area contributed by atoms with Crippen molar-refractivity contribution in [1.29, 1.82) is 0 Å². The second-order valence-corrected chi connectivity index (χ2v) is 5.53. The first-order valence-corrected chi connectivity index (χ1v) is 7.33. The minimum absolute atomic E-state index is 0.00358. The van der Waals surface area contributed by atoms with Gasteiger partial charge in [0.2, 0.25) is 11.8 Å². The zero-order valence-corrected chi connectivity index (χ0v) is 12.0. The van der Waals surface area contributed by atoms with E-state index in [-0.39, 0.29) is 17.4 Å². The van der Waals surface area contributed by atoms with Gasteiger partial charge in [0.25, 0.3) is 0 Å². The molecule has 19 heavy (non-hydrogen) atoms. The Morgan fingerprint density at radius 1 is 1.16 bits per heavy atom. The molecule has 110 valence electrons. The Morgan fingerprint density at radius 3 is 2.42 bits per heavy atom. The van der Waals surface area contributed by atoms with Crippen molar-refractivity contribution in [2.75, 3.05) is 13.1 Å². The normalized spacial score (nSPS) is 17.2. The van der Waals surface area contributed by atoms with E-state index < -0.39 is 0 Å². The quantitative estimate of drug-likeness (QED) is 0.576. The Kier molecular flexibility index (Phi) is 6.84. The van der Waals surface area contributed by atoms with Crippen molar-refractivity contribution in [2.45, 2.75) is 63.8 Å². The van der Waals surface area contributed by atoms with E-state index in [9.17, 15) is 9.59 Å². The van der Waals surface area contributed by atoms with Crippen LogP contribution in [0.2, 0.25) is 0 Å². The molecule has 1 saturated carbocycles. The fourth-order valence-corrected chi connectivity index (χ4v) is 2.64. The lowest BCUT2D eigenvalue weighted by atomic mass is 9.97. The van der Waals surface area contributed by atoms with Gasteiger partial charge in [0.15, 0.2) is 0 Å². The number of rotatable bonds is 8. The number of unbranched alkanes of at least 4 members (excludes halogenated alkanes) is 2. The summed E-state index contributed by atoms with van der Waals surface area (Å²) < 4.78 is 0. The molecule has 1 aliphatic rings. The maximum atomic E-state index is 11.9. The van der Waals surface area contributed by atoms with Gasteiger partial charge in [-0.2, -0.15) is 0 Å². The molecule has 0 radical (unpaired) electrons. The number of hydrogen-bond acceptors (Lipinski definition) is 3. The number of hydrogen-bond donors (Lipinski definition) is 3. The second kappa shape index (κ2) is 8.15. The highest BCUT2D eigenvalue weighted by Crippen LogP contribution is 2.28. The number of amides is 2. The Balaban J connectivity index is 2.09. The highest BCUT2D eigenvalue weighted by molar-refractivity contribution is 5.76. The van der Waals surface area contributed by atoms with Gasteiger partial charge in [-0.05, 0) is 25.7 Å². The van der Waals surface area contributed by atoms with E-state index in [0.29, 0.717) is 19.5 Å². The molecule has 0 aliphatic heterocycles. The number of nitrogens with two attached hydrogens (primary N) is 1. The highest BCUT2D eigenvalue weighted by Gasteiger charge is 2.33. The van der Waals surface area contributed by atoms with Crippen molar-refractivity contribution in [2.24, 2.45) is 5.73 Å². The molecule has 0 unspecified atom stereocenters. The molecule has 4 N–H and O–H groups in total. The SMILES string of the molecule is CC(=O)NCCCCCC(=O)NC1(CN)CCCC1. The second-order valence-electron chi connectivity index (χ2n) is 5.53. The fraction of sp³-hybridized carbons (Fsp3) is 0.857. The monoisotopic (exact) mass is 269 g/mol. The van der Waals surface area contributed by atoms with E-state index in [4.69, 9.17) is 5.73 Å². The van der Waals surface area contributed by atoms with Gasteiger partial charge in [-0.25, -0.2) is 0 Å². The molecule has 0 saturated heterocycles. The lowest BCUT2D eigenvalue weighted by Crippen LogP contribution is -2.51. The van der Waals surface area contributed by atoms with Crippen LogP contribution in [0.3, 0.4) is 0 Å². The summed E-state index contributed by atoms with van der Waals surface area (Å²) in [6, 6.07) is 0. The molecule has 0 aromatic heterocycles. The predicted octanol–water partition coefficient (Wildman–Crippen LogP) is 1.07. The topological polar surface area (TPSA) is 84.2 Å².